The fourth-order valence-corrected chi connectivity index (χ4v) is 4.59. The summed E-state index contributed by atoms with van der Waals surface area (Å²) >= 11 is 11.3. The van der Waals surface area contributed by atoms with Gasteiger partial charge in [0, 0.05) is 22.3 Å². The number of aromatic nitrogens is 3. The Labute approximate surface area is 175 Å². The number of hydrogen-bond acceptors (Lipinski definition) is 3. The molecule has 0 saturated heterocycles. The minimum atomic E-state index is -0.384. The van der Waals surface area contributed by atoms with Gasteiger partial charge in [-0.1, -0.05) is 29.8 Å². The van der Waals surface area contributed by atoms with E-state index < -0.39 is 0 Å². The predicted octanol–water partition coefficient (Wildman–Crippen LogP) is 2.94. The molecule has 0 fully saturated rings. The number of nitrogens with one attached hydrogen (secondary N) is 2. The summed E-state index contributed by atoms with van der Waals surface area (Å²) in [6, 6.07) is 14.7. The van der Waals surface area contributed by atoms with Gasteiger partial charge < -0.3 is 15.4 Å². The van der Waals surface area contributed by atoms with E-state index in [-0.39, 0.29) is 27.8 Å². The van der Waals surface area contributed by atoms with Gasteiger partial charge in [-0.3, -0.25) is 14.3 Å². The lowest BCUT2D eigenvalue weighted by Crippen LogP contribution is -2.87. The number of aromatic hydroxyl groups is 1. The Morgan fingerprint density at radius 1 is 1.14 bits per heavy atom. The van der Waals surface area contributed by atoms with Crippen LogP contribution in [-0.2, 0) is 6.42 Å². The Morgan fingerprint density at radius 2 is 1.90 bits per heavy atom. The van der Waals surface area contributed by atoms with E-state index in [9.17, 15) is 9.90 Å². The Kier molecular flexibility index (Phi) is 4.31. The maximum atomic E-state index is 12.9. The van der Waals surface area contributed by atoms with Crippen molar-refractivity contribution < 1.29 is 10.4 Å². The van der Waals surface area contributed by atoms with Crippen molar-refractivity contribution >= 4 is 34.7 Å². The summed E-state index contributed by atoms with van der Waals surface area (Å²) < 4.78 is 1.60. The van der Waals surface area contributed by atoms with Crippen LogP contribution in [-0.4, -0.2) is 26.2 Å². The van der Waals surface area contributed by atoms with Gasteiger partial charge in [-0.05, 0) is 48.1 Å². The first-order chi connectivity index (χ1) is 14.0. The van der Waals surface area contributed by atoms with Gasteiger partial charge in [-0.2, -0.15) is 0 Å². The minimum Gasteiger partial charge on any atom is -0.494 e. The number of halogens is 1. The third kappa shape index (κ3) is 2.90. The molecule has 6 nitrogen and oxygen atoms in total. The van der Waals surface area contributed by atoms with E-state index in [2.05, 4.69) is 21.4 Å². The molecule has 146 valence electrons. The monoisotopic (exact) mass is 425 g/mol. The second-order valence-corrected chi connectivity index (χ2v) is 7.95. The molecule has 1 aliphatic heterocycles. The molecule has 3 heterocycles. The van der Waals surface area contributed by atoms with Crippen LogP contribution in [0.4, 0.5) is 0 Å². The highest BCUT2D eigenvalue weighted by Gasteiger charge is 2.34. The summed E-state index contributed by atoms with van der Waals surface area (Å²) in [4.78, 5) is 19.0. The SMILES string of the molecule is O=c1[nH]c(=S)n(-c2ccc(Cl)cc2)c(O)c1[C@@H]1[NH2+]CCc2c1[nH]c1ccccc21. The average molecular weight is 426 g/mol. The molecule has 4 aromatic rings. The molecule has 0 spiro atoms. The lowest BCUT2D eigenvalue weighted by molar-refractivity contribution is -0.690. The molecule has 0 amide bonds. The van der Waals surface area contributed by atoms with E-state index >= 15 is 0 Å². The van der Waals surface area contributed by atoms with Crippen molar-refractivity contribution in [2.75, 3.05) is 6.54 Å². The van der Waals surface area contributed by atoms with Crippen molar-refractivity contribution in [2.24, 2.45) is 0 Å². The molecule has 1 aliphatic rings. The van der Waals surface area contributed by atoms with Gasteiger partial charge in [0.2, 0.25) is 5.88 Å². The fraction of sp³-hybridized carbons (Fsp3) is 0.143. The molecule has 0 saturated carbocycles. The number of hydrogen-bond donors (Lipinski definition) is 4. The standard InChI is InChI=1S/C21H17ClN4O2S/c22-11-5-7-12(8-6-11)26-20(28)16(19(27)25-21(26)29)18-17-14(9-10-23-18)13-3-1-2-4-15(13)24-17/h1-8,18,23-24,28H,9-10H2,(H,25,27,29)/p+1/t18-/m0/s1. The second kappa shape index (κ2) is 6.88. The third-order valence-corrected chi connectivity index (χ3v) is 6.01. The molecule has 0 aliphatic carbocycles. The smallest absolute Gasteiger partial charge is 0.265 e. The summed E-state index contributed by atoms with van der Waals surface area (Å²) in [5.41, 5.74) is 3.68. The number of benzene rings is 2. The number of para-hydroxylation sites is 1. The molecule has 8 heteroatoms. The quantitative estimate of drug-likeness (QED) is 0.372. The maximum Gasteiger partial charge on any atom is 0.265 e. The van der Waals surface area contributed by atoms with Crippen LogP contribution >= 0.6 is 23.8 Å². The third-order valence-electron chi connectivity index (χ3n) is 5.47. The van der Waals surface area contributed by atoms with E-state index in [0.717, 1.165) is 29.6 Å². The molecule has 5 N–H and O–H groups in total. The van der Waals surface area contributed by atoms with Crippen LogP contribution in [0.3, 0.4) is 0 Å². The minimum absolute atomic E-state index is 0.131. The summed E-state index contributed by atoms with van der Waals surface area (Å²) in [6.45, 7) is 0.814. The number of H-pyrrole nitrogens is 2. The molecule has 1 atom stereocenters. The van der Waals surface area contributed by atoms with E-state index in [1.54, 1.807) is 24.3 Å². The van der Waals surface area contributed by atoms with Gasteiger partial charge in [0.15, 0.2) is 10.8 Å². The highest BCUT2D eigenvalue weighted by atomic mass is 35.5. The normalized spacial score (nSPS) is 16.1. The van der Waals surface area contributed by atoms with Gasteiger partial charge in [-0.25, -0.2) is 0 Å². The molecule has 0 bridgehead atoms. The Balaban J connectivity index is 1.74. The van der Waals surface area contributed by atoms with Crippen molar-refractivity contribution in [3.8, 4) is 11.6 Å². The van der Waals surface area contributed by atoms with Crippen molar-refractivity contribution in [3.63, 3.8) is 0 Å². The van der Waals surface area contributed by atoms with Gasteiger partial charge >= 0.3 is 0 Å². The second-order valence-electron chi connectivity index (χ2n) is 7.12. The number of rotatable bonds is 2. The summed E-state index contributed by atoms with van der Waals surface area (Å²) in [6.07, 6.45) is 0.894. The zero-order chi connectivity index (χ0) is 20.1. The number of nitrogens with zero attached hydrogens (tertiary/aromatic N) is 1. The summed E-state index contributed by atoms with van der Waals surface area (Å²) in [5, 5.41) is 14.9. The van der Waals surface area contributed by atoms with Crippen molar-refractivity contribution in [1.29, 1.82) is 0 Å². The summed E-state index contributed by atoms with van der Waals surface area (Å²) in [7, 11) is 0. The van der Waals surface area contributed by atoms with Crippen LogP contribution in [0.5, 0.6) is 5.88 Å². The first-order valence-electron chi connectivity index (χ1n) is 9.31. The first-order valence-corrected chi connectivity index (χ1v) is 10.1. The lowest BCUT2D eigenvalue weighted by atomic mass is 9.95. The number of nitrogens with two attached hydrogens (primary N) is 1. The van der Waals surface area contributed by atoms with Crippen LogP contribution in [0.25, 0.3) is 16.6 Å². The Hall–Kier alpha value is -2.87. The lowest BCUT2D eigenvalue weighted by Gasteiger charge is -2.22. The van der Waals surface area contributed by atoms with E-state index in [4.69, 9.17) is 23.8 Å². The molecular weight excluding hydrogens is 408 g/mol. The summed E-state index contributed by atoms with van der Waals surface area (Å²) in [5.74, 6) is -0.158. The zero-order valence-corrected chi connectivity index (χ0v) is 16.8. The van der Waals surface area contributed by atoms with E-state index in [1.165, 1.54) is 10.1 Å². The average Bonchev–Trinajstić information content (AvgIpc) is 3.09. The topological polar surface area (TPSA) is 90.4 Å². The molecule has 2 aromatic carbocycles. The Bertz CT molecular complexity index is 1350. The van der Waals surface area contributed by atoms with E-state index in [1.807, 2.05) is 18.2 Å². The van der Waals surface area contributed by atoms with E-state index in [0.29, 0.717) is 10.7 Å². The molecule has 0 unspecified atom stereocenters. The van der Waals surface area contributed by atoms with Crippen molar-refractivity contribution in [2.45, 2.75) is 12.5 Å². The number of quaternary nitrogens is 1. The fourth-order valence-electron chi connectivity index (χ4n) is 4.18. The molecular formula is C21H18ClN4O2S+. The molecule has 29 heavy (non-hydrogen) atoms. The highest BCUT2D eigenvalue weighted by molar-refractivity contribution is 7.71. The molecule has 2 aromatic heterocycles. The van der Waals surface area contributed by atoms with Gasteiger partial charge in [0.25, 0.3) is 5.56 Å². The zero-order valence-electron chi connectivity index (χ0n) is 15.3. The number of aromatic amines is 2. The largest absolute Gasteiger partial charge is 0.494 e. The predicted molar refractivity (Wildman–Crippen MR) is 115 cm³/mol. The van der Waals surface area contributed by atoms with Crippen molar-refractivity contribution in [3.05, 3.63) is 85.5 Å². The maximum absolute atomic E-state index is 12.9. The molecule has 0 radical (unpaired) electrons. The van der Waals surface area contributed by atoms with Crippen LogP contribution in [0.2, 0.25) is 5.02 Å². The number of fused-ring (bicyclic) bond motifs is 3. The van der Waals surface area contributed by atoms with Gasteiger partial charge in [0.1, 0.15) is 5.56 Å². The van der Waals surface area contributed by atoms with Crippen LogP contribution in [0.1, 0.15) is 22.9 Å². The van der Waals surface area contributed by atoms with Crippen molar-refractivity contribution in [1.82, 2.24) is 14.5 Å². The van der Waals surface area contributed by atoms with Gasteiger partial charge in [0.05, 0.1) is 17.9 Å². The highest BCUT2D eigenvalue weighted by Crippen LogP contribution is 2.33. The van der Waals surface area contributed by atoms with Crippen LogP contribution in [0.15, 0.2) is 53.3 Å². The van der Waals surface area contributed by atoms with Crippen LogP contribution < -0.4 is 10.9 Å². The molecule has 5 rings (SSSR count). The van der Waals surface area contributed by atoms with Gasteiger partial charge in [-0.15, -0.1) is 0 Å². The Morgan fingerprint density at radius 3 is 2.69 bits per heavy atom. The first kappa shape index (κ1) is 18.2. The van der Waals surface area contributed by atoms with Crippen LogP contribution in [0, 0.1) is 4.77 Å².